The topological polar surface area (TPSA) is 148 Å². The number of aromatic nitrogens is 4. The van der Waals surface area contributed by atoms with Crippen molar-refractivity contribution in [3.8, 4) is 0 Å². The number of aliphatic hydroxyl groups is 1. The van der Waals surface area contributed by atoms with Gasteiger partial charge in [-0.25, -0.2) is 15.6 Å². The Balaban J connectivity index is 2.01. The highest BCUT2D eigenvalue weighted by Gasteiger charge is 2.15. The first-order valence-electron chi connectivity index (χ1n) is 7.70. The summed E-state index contributed by atoms with van der Waals surface area (Å²) in [5.41, 5.74) is 7.04. The second-order valence-corrected chi connectivity index (χ2v) is 5.81. The van der Waals surface area contributed by atoms with E-state index in [-0.39, 0.29) is 29.3 Å². The molecule has 1 aromatic carbocycles. The van der Waals surface area contributed by atoms with E-state index in [0.717, 1.165) is 10.1 Å². The standard InChI is InChI=1S/C16H19N7O3/c1-21-14-12(15(25)22(2)16(21)26)19-13(20-14)11(17)7-23(18)10-5-3-9(8-24)4-6-10/h3-7,24H,8,17-18H2,1-2H3,(H,19,20)/b11-7-. The predicted octanol–water partition coefficient (Wildman–Crippen LogP) is -0.910. The molecule has 10 heteroatoms. The lowest BCUT2D eigenvalue weighted by Gasteiger charge is -2.14. The van der Waals surface area contributed by atoms with Crippen LogP contribution in [0.1, 0.15) is 11.4 Å². The molecule has 0 saturated heterocycles. The van der Waals surface area contributed by atoms with Gasteiger partial charge < -0.3 is 15.8 Å². The minimum absolute atomic E-state index is 0.0600. The van der Waals surface area contributed by atoms with Crippen LogP contribution in [-0.4, -0.2) is 24.2 Å². The van der Waals surface area contributed by atoms with Crippen molar-refractivity contribution in [1.82, 2.24) is 19.1 Å². The van der Waals surface area contributed by atoms with Gasteiger partial charge in [0.05, 0.1) is 18.0 Å². The number of imidazole rings is 1. The minimum Gasteiger partial charge on any atom is -0.394 e. The number of nitrogens with zero attached hydrogens (tertiary/aromatic N) is 4. The van der Waals surface area contributed by atoms with Gasteiger partial charge in [0, 0.05) is 20.3 Å². The van der Waals surface area contributed by atoms with Gasteiger partial charge in [0.2, 0.25) is 0 Å². The van der Waals surface area contributed by atoms with Crippen molar-refractivity contribution < 1.29 is 5.11 Å². The maximum atomic E-state index is 12.2. The van der Waals surface area contributed by atoms with Crippen molar-refractivity contribution in [2.24, 2.45) is 25.7 Å². The van der Waals surface area contributed by atoms with Gasteiger partial charge >= 0.3 is 5.69 Å². The lowest BCUT2D eigenvalue weighted by atomic mass is 10.2. The van der Waals surface area contributed by atoms with E-state index in [1.165, 1.54) is 29.9 Å². The molecule has 0 spiro atoms. The van der Waals surface area contributed by atoms with Crippen LogP contribution in [0, 0.1) is 0 Å². The molecule has 3 aromatic rings. The molecule has 136 valence electrons. The highest BCUT2D eigenvalue weighted by molar-refractivity contribution is 5.74. The number of nitrogens with one attached hydrogen (secondary N) is 1. The van der Waals surface area contributed by atoms with E-state index in [1.54, 1.807) is 24.3 Å². The molecule has 0 unspecified atom stereocenters. The molecule has 0 fully saturated rings. The quantitative estimate of drug-likeness (QED) is 0.349. The number of aromatic amines is 1. The summed E-state index contributed by atoms with van der Waals surface area (Å²) in [5.74, 6) is 6.20. The van der Waals surface area contributed by atoms with Crippen molar-refractivity contribution in [2.75, 3.05) is 5.01 Å². The summed E-state index contributed by atoms with van der Waals surface area (Å²) in [6, 6.07) is 6.93. The molecule has 6 N–H and O–H groups in total. The zero-order valence-electron chi connectivity index (χ0n) is 14.3. The van der Waals surface area contributed by atoms with Crippen molar-refractivity contribution in [3.63, 3.8) is 0 Å². The Hall–Kier alpha value is -3.37. The summed E-state index contributed by atoms with van der Waals surface area (Å²) in [6.45, 7) is -0.0600. The number of aryl methyl sites for hydroxylation is 1. The molecule has 0 radical (unpaired) electrons. The number of hydrazine groups is 1. The monoisotopic (exact) mass is 357 g/mol. The Kier molecular flexibility index (Phi) is 4.36. The molecule has 2 aromatic heterocycles. The zero-order valence-corrected chi connectivity index (χ0v) is 14.3. The number of rotatable bonds is 4. The fraction of sp³-hybridized carbons (Fsp3) is 0.188. The van der Waals surface area contributed by atoms with E-state index in [2.05, 4.69) is 9.97 Å². The molecule has 0 amide bonds. The third-order valence-electron chi connectivity index (χ3n) is 4.06. The van der Waals surface area contributed by atoms with Crippen LogP contribution in [0.2, 0.25) is 0 Å². The van der Waals surface area contributed by atoms with Gasteiger partial charge in [-0.2, -0.15) is 0 Å². The maximum Gasteiger partial charge on any atom is 0.332 e. The van der Waals surface area contributed by atoms with Crippen LogP contribution in [0.5, 0.6) is 0 Å². The van der Waals surface area contributed by atoms with Crippen LogP contribution >= 0.6 is 0 Å². The van der Waals surface area contributed by atoms with E-state index in [1.807, 2.05) is 0 Å². The van der Waals surface area contributed by atoms with Crippen molar-refractivity contribution in [3.05, 3.63) is 62.7 Å². The van der Waals surface area contributed by atoms with Crippen LogP contribution in [0.15, 0.2) is 40.1 Å². The van der Waals surface area contributed by atoms with Gasteiger partial charge in [0.1, 0.15) is 5.52 Å². The normalized spacial score (nSPS) is 11.9. The molecule has 10 nitrogen and oxygen atoms in total. The Morgan fingerprint density at radius 1 is 1.27 bits per heavy atom. The molecule has 0 atom stereocenters. The molecule has 0 saturated carbocycles. The second kappa shape index (κ2) is 6.50. The van der Waals surface area contributed by atoms with Crippen LogP contribution in [0.3, 0.4) is 0 Å². The van der Waals surface area contributed by atoms with E-state index in [4.69, 9.17) is 16.7 Å². The molecule has 3 rings (SSSR count). The van der Waals surface area contributed by atoms with Crippen LogP contribution < -0.4 is 27.8 Å². The molecule has 26 heavy (non-hydrogen) atoms. The van der Waals surface area contributed by atoms with Gasteiger partial charge in [-0.15, -0.1) is 0 Å². The van der Waals surface area contributed by atoms with Gasteiger partial charge in [-0.05, 0) is 17.7 Å². The van der Waals surface area contributed by atoms with Crippen LogP contribution in [0.4, 0.5) is 5.69 Å². The molecular weight excluding hydrogens is 338 g/mol. The van der Waals surface area contributed by atoms with E-state index >= 15 is 0 Å². The summed E-state index contributed by atoms with van der Waals surface area (Å²) in [6.07, 6.45) is 1.44. The number of hydrogen-bond donors (Lipinski definition) is 4. The number of benzene rings is 1. The molecule has 0 aliphatic heterocycles. The highest BCUT2D eigenvalue weighted by atomic mass is 16.3. The lowest BCUT2D eigenvalue weighted by molar-refractivity contribution is 0.282. The molecule has 0 aliphatic rings. The predicted molar refractivity (Wildman–Crippen MR) is 97.8 cm³/mol. The third kappa shape index (κ3) is 2.87. The third-order valence-corrected chi connectivity index (χ3v) is 4.06. The first-order valence-corrected chi connectivity index (χ1v) is 7.70. The summed E-state index contributed by atoms with van der Waals surface area (Å²) in [7, 11) is 2.91. The number of hydrogen-bond acceptors (Lipinski definition) is 7. The van der Waals surface area contributed by atoms with E-state index < -0.39 is 11.2 Å². The van der Waals surface area contributed by atoms with Gasteiger partial charge in [0.25, 0.3) is 5.56 Å². The number of aliphatic hydroxyl groups excluding tert-OH is 1. The fourth-order valence-electron chi connectivity index (χ4n) is 2.52. The number of nitrogens with two attached hydrogens (primary N) is 2. The SMILES string of the molecule is Cn1c(=O)c2[nH]c(/C(N)=C/N(N)c3ccc(CO)cc3)nc2n(C)c1=O. The second-order valence-electron chi connectivity index (χ2n) is 5.81. The van der Waals surface area contributed by atoms with Gasteiger partial charge in [-0.1, -0.05) is 12.1 Å². The molecule has 0 aliphatic carbocycles. The van der Waals surface area contributed by atoms with Crippen LogP contribution in [0.25, 0.3) is 16.9 Å². The number of anilines is 1. The highest BCUT2D eigenvalue weighted by Crippen LogP contribution is 2.15. The number of H-pyrrole nitrogens is 1. The minimum atomic E-state index is -0.487. The van der Waals surface area contributed by atoms with Gasteiger partial charge in [-0.3, -0.25) is 18.9 Å². The van der Waals surface area contributed by atoms with E-state index in [0.29, 0.717) is 5.69 Å². The molecule has 0 bridgehead atoms. The first kappa shape index (κ1) is 17.5. The summed E-state index contributed by atoms with van der Waals surface area (Å²) in [4.78, 5) is 31.3. The van der Waals surface area contributed by atoms with Gasteiger partial charge in [0.15, 0.2) is 11.5 Å². The smallest absolute Gasteiger partial charge is 0.332 e. The van der Waals surface area contributed by atoms with Crippen molar-refractivity contribution in [1.29, 1.82) is 0 Å². The zero-order chi connectivity index (χ0) is 19.0. The fourth-order valence-corrected chi connectivity index (χ4v) is 2.52. The Labute approximate surface area is 147 Å². The Morgan fingerprint density at radius 2 is 1.92 bits per heavy atom. The van der Waals surface area contributed by atoms with Crippen molar-refractivity contribution in [2.45, 2.75) is 6.61 Å². The van der Waals surface area contributed by atoms with Crippen molar-refractivity contribution >= 4 is 22.5 Å². The summed E-state index contributed by atoms with van der Waals surface area (Å²) < 4.78 is 2.25. The average molecular weight is 357 g/mol. The molecular formula is C16H19N7O3. The Morgan fingerprint density at radius 3 is 2.54 bits per heavy atom. The average Bonchev–Trinajstić information content (AvgIpc) is 3.10. The summed E-state index contributed by atoms with van der Waals surface area (Å²) >= 11 is 0. The summed E-state index contributed by atoms with van der Waals surface area (Å²) in [5, 5.41) is 10.4. The lowest BCUT2D eigenvalue weighted by Crippen LogP contribution is -2.36. The van der Waals surface area contributed by atoms with E-state index in [9.17, 15) is 9.59 Å². The maximum absolute atomic E-state index is 12.2. The largest absolute Gasteiger partial charge is 0.394 e. The first-order chi connectivity index (χ1) is 12.3. The Bertz CT molecular complexity index is 1110. The number of fused-ring (bicyclic) bond motifs is 1. The molecule has 2 heterocycles. The van der Waals surface area contributed by atoms with Crippen LogP contribution in [-0.2, 0) is 20.7 Å².